The predicted octanol–water partition coefficient (Wildman–Crippen LogP) is 7.36. The lowest BCUT2D eigenvalue weighted by Crippen LogP contribution is -2.16. The lowest BCUT2D eigenvalue weighted by Gasteiger charge is -2.21. The average molecular weight is 517 g/mol. The van der Waals surface area contributed by atoms with Gasteiger partial charge < -0.3 is 9.47 Å². The van der Waals surface area contributed by atoms with Crippen LogP contribution in [0.2, 0.25) is 0 Å². The summed E-state index contributed by atoms with van der Waals surface area (Å²) < 4.78 is 52.3. The van der Waals surface area contributed by atoms with Crippen LogP contribution in [0.4, 0.5) is 18.3 Å². The Kier molecular flexibility index (Phi) is 8.30. The van der Waals surface area contributed by atoms with Crippen LogP contribution in [0, 0.1) is 5.92 Å². The van der Waals surface area contributed by atoms with Crippen molar-refractivity contribution in [3.8, 4) is 22.8 Å². The Balaban J connectivity index is 1.42. The first-order chi connectivity index (χ1) is 17.3. The highest BCUT2D eigenvalue weighted by atomic mass is 32.1. The number of carbonyl (C=O) groups is 1. The van der Waals surface area contributed by atoms with Gasteiger partial charge in [-0.05, 0) is 60.7 Å². The first-order valence-electron chi connectivity index (χ1n) is 11.7. The second-order valence-electron chi connectivity index (χ2n) is 8.65. The minimum Gasteiger partial charge on any atom is -0.497 e. The van der Waals surface area contributed by atoms with Gasteiger partial charge >= 0.3 is 6.18 Å². The van der Waals surface area contributed by atoms with E-state index in [1.165, 1.54) is 43.5 Å². The zero-order valence-corrected chi connectivity index (χ0v) is 20.6. The first kappa shape index (κ1) is 25.8. The number of methoxy groups -OCH3 is 1. The number of hydrogen-bond acceptors (Lipinski definition) is 5. The predicted molar refractivity (Wildman–Crippen MR) is 135 cm³/mol. The Bertz CT molecular complexity index is 1180. The highest BCUT2D eigenvalue weighted by molar-refractivity contribution is 7.14. The van der Waals surface area contributed by atoms with Gasteiger partial charge in [0, 0.05) is 17.0 Å². The number of nitrogens with one attached hydrogen (secondary N) is 1. The quantitative estimate of drug-likeness (QED) is 0.318. The van der Waals surface area contributed by atoms with Crippen molar-refractivity contribution in [2.45, 2.75) is 38.3 Å². The van der Waals surface area contributed by atoms with Crippen LogP contribution in [0.25, 0.3) is 16.8 Å². The summed E-state index contributed by atoms with van der Waals surface area (Å²) in [5.41, 5.74) is 0.248. The van der Waals surface area contributed by atoms with Gasteiger partial charge in [-0.2, -0.15) is 13.2 Å². The minimum atomic E-state index is -4.71. The van der Waals surface area contributed by atoms with Crippen molar-refractivity contribution in [3.63, 3.8) is 0 Å². The van der Waals surface area contributed by atoms with Crippen LogP contribution in [-0.4, -0.2) is 30.8 Å². The molecule has 190 valence electrons. The van der Waals surface area contributed by atoms with E-state index in [0.29, 0.717) is 35.8 Å². The molecule has 4 rings (SSSR count). The molecule has 0 spiro atoms. The highest BCUT2D eigenvalue weighted by Gasteiger charge is 2.35. The van der Waals surface area contributed by atoms with Crippen molar-refractivity contribution in [2.24, 2.45) is 5.92 Å². The molecule has 1 N–H and O–H groups in total. The SMILES string of the molecule is COc1ccc(-c2csc(NC(=O)/C=C(\c3ccc(OCC4CCCCC4)cc3)C(F)(F)F)n2)cc1. The van der Waals surface area contributed by atoms with Gasteiger partial charge in [0.25, 0.3) is 5.91 Å². The zero-order chi connectivity index (χ0) is 25.5. The average Bonchev–Trinajstić information content (AvgIpc) is 3.35. The summed E-state index contributed by atoms with van der Waals surface area (Å²) in [6.45, 7) is 0.566. The fourth-order valence-electron chi connectivity index (χ4n) is 4.13. The van der Waals surface area contributed by atoms with Gasteiger partial charge in [-0.25, -0.2) is 4.98 Å². The van der Waals surface area contributed by atoms with Gasteiger partial charge in [-0.15, -0.1) is 11.3 Å². The lowest BCUT2D eigenvalue weighted by molar-refractivity contribution is -0.112. The smallest absolute Gasteiger partial charge is 0.417 e. The second kappa shape index (κ2) is 11.6. The van der Waals surface area contributed by atoms with E-state index in [9.17, 15) is 18.0 Å². The third-order valence-electron chi connectivity index (χ3n) is 6.08. The molecule has 1 aliphatic carbocycles. The summed E-state index contributed by atoms with van der Waals surface area (Å²) in [5.74, 6) is 0.791. The van der Waals surface area contributed by atoms with Crippen molar-refractivity contribution in [1.82, 2.24) is 4.98 Å². The van der Waals surface area contributed by atoms with Crippen LogP contribution in [0.15, 0.2) is 60.0 Å². The number of anilines is 1. The molecule has 1 amide bonds. The summed E-state index contributed by atoms with van der Waals surface area (Å²) in [4.78, 5) is 16.8. The maximum Gasteiger partial charge on any atom is 0.417 e. The van der Waals surface area contributed by atoms with E-state index in [-0.39, 0.29) is 10.7 Å². The largest absolute Gasteiger partial charge is 0.497 e. The van der Waals surface area contributed by atoms with Crippen LogP contribution in [0.3, 0.4) is 0 Å². The highest BCUT2D eigenvalue weighted by Crippen LogP contribution is 2.35. The Morgan fingerprint density at radius 3 is 2.36 bits per heavy atom. The van der Waals surface area contributed by atoms with Crippen molar-refractivity contribution >= 4 is 27.9 Å². The molecule has 0 aliphatic heterocycles. The van der Waals surface area contributed by atoms with Crippen LogP contribution in [0.1, 0.15) is 37.7 Å². The standard InChI is InChI=1S/C27H27F3N2O3S/c1-34-21-11-9-20(10-12-21)24-17-36-26(31-24)32-25(33)15-23(27(28,29)30)19-7-13-22(14-8-19)35-16-18-5-3-2-4-6-18/h7-15,17-18H,2-6,16H2,1H3,(H,31,32,33)/b23-15+. The molecular weight excluding hydrogens is 489 g/mol. The Hall–Kier alpha value is -3.33. The van der Waals surface area contributed by atoms with E-state index in [2.05, 4.69) is 10.3 Å². The molecular formula is C27H27F3N2O3S. The molecule has 36 heavy (non-hydrogen) atoms. The molecule has 3 aromatic rings. The Morgan fingerprint density at radius 1 is 1.06 bits per heavy atom. The van der Waals surface area contributed by atoms with Gasteiger partial charge in [-0.1, -0.05) is 31.4 Å². The van der Waals surface area contributed by atoms with Crippen molar-refractivity contribution in [1.29, 1.82) is 0 Å². The van der Waals surface area contributed by atoms with Crippen LogP contribution >= 0.6 is 11.3 Å². The monoisotopic (exact) mass is 516 g/mol. The molecule has 2 aromatic carbocycles. The molecule has 0 saturated heterocycles. The van der Waals surface area contributed by atoms with Crippen molar-refractivity contribution < 1.29 is 27.4 Å². The van der Waals surface area contributed by atoms with Crippen molar-refractivity contribution in [2.75, 3.05) is 19.0 Å². The molecule has 0 unspecified atom stereocenters. The minimum absolute atomic E-state index is 0.110. The fourth-order valence-corrected chi connectivity index (χ4v) is 4.85. The third kappa shape index (κ3) is 6.87. The number of halogens is 3. The lowest BCUT2D eigenvalue weighted by atomic mass is 9.90. The Morgan fingerprint density at radius 2 is 1.72 bits per heavy atom. The third-order valence-corrected chi connectivity index (χ3v) is 6.83. The molecule has 5 nitrogen and oxygen atoms in total. The van der Waals surface area contributed by atoms with Gasteiger partial charge in [0.05, 0.1) is 25.0 Å². The maximum absolute atomic E-state index is 13.8. The van der Waals surface area contributed by atoms with E-state index < -0.39 is 17.7 Å². The summed E-state index contributed by atoms with van der Waals surface area (Å²) >= 11 is 1.13. The number of allylic oxidation sites excluding steroid dienone is 1. The van der Waals surface area contributed by atoms with Crippen LogP contribution < -0.4 is 14.8 Å². The number of nitrogens with zero attached hydrogens (tertiary/aromatic N) is 1. The fraction of sp³-hybridized carbons (Fsp3) is 0.333. The molecule has 1 aromatic heterocycles. The summed E-state index contributed by atoms with van der Waals surface area (Å²) in [7, 11) is 1.56. The number of benzene rings is 2. The van der Waals surface area contributed by atoms with E-state index >= 15 is 0 Å². The van der Waals surface area contributed by atoms with E-state index in [1.54, 1.807) is 24.6 Å². The van der Waals surface area contributed by atoms with Gasteiger partial charge in [-0.3, -0.25) is 10.1 Å². The molecule has 1 saturated carbocycles. The molecule has 1 heterocycles. The maximum atomic E-state index is 13.8. The number of hydrogen-bond donors (Lipinski definition) is 1. The normalized spacial score (nSPS) is 14.9. The first-order valence-corrected chi connectivity index (χ1v) is 12.6. The number of rotatable bonds is 8. The summed E-state index contributed by atoms with van der Waals surface area (Å²) in [6, 6.07) is 12.8. The van der Waals surface area contributed by atoms with E-state index in [0.717, 1.165) is 29.7 Å². The summed E-state index contributed by atoms with van der Waals surface area (Å²) in [6.07, 6.45) is 1.73. The number of aromatic nitrogens is 1. The molecule has 1 aliphatic rings. The molecule has 0 atom stereocenters. The van der Waals surface area contributed by atoms with Crippen LogP contribution in [-0.2, 0) is 4.79 Å². The number of ether oxygens (including phenoxy) is 2. The van der Waals surface area contributed by atoms with E-state index in [1.807, 2.05) is 12.1 Å². The molecule has 1 fully saturated rings. The van der Waals surface area contributed by atoms with Gasteiger partial charge in [0.15, 0.2) is 5.13 Å². The van der Waals surface area contributed by atoms with Crippen LogP contribution in [0.5, 0.6) is 11.5 Å². The topological polar surface area (TPSA) is 60.5 Å². The molecule has 0 radical (unpaired) electrons. The molecule has 0 bridgehead atoms. The van der Waals surface area contributed by atoms with Crippen molar-refractivity contribution in [3.05, 3.63) is 65.6 Å². The molecule has 9 heteroatoms. The number of carbonyl (C=O) groups excluding carboxylic acids is 1. The second-order valence-corrected chi connectivity index (χ2v) is 9.51. The summed E-state index contributed by atoms with van der Waals surface area (Å²) in [5, 5.41) is 4.36. The number of thiazole rings is 1. The van der Waals surface area contributed by atoms with Gasteiger partial charge in [0.2, 0.25) is 0 Å². The van der Waals surface area contributed by atoms with E-state index in [4.69, 9.17) is 9.47 Å². The number of amides is 1. The Labute approximate surface area is 212 Å². The number of alkyl halides is 3. The zero-order valence-electron chi connectivity index (χ0n) is 19.8. The van der Waals surface area contributed by atoms with Gasteiger partial charge in [0.1, 0.15) is 11.5 Å².